The Labute approximate surface area is 138 Å². The van der Waals surface area contributed by atoms with Crippen LogP contribution in [0, 0.1) is 6.92 Å². The molecule has 24 heavy (non-hydrogen) atoms. The fourth-order valence-corrected chi connectivity index (χ4v) is 1.89. The van der Waals surface area contributed by atoms with Gasteiger partial charge in [-0.15, -0.1) is 0 Å². The Balaban J connectivity index is 1.92. The highest BCUT2D eigenvalue weighted by Crippen LogP contribution is 2.27. The fourth-order valence-electron chi connectivity index (χ4n) is 1.89. The van der Waals surface area contributed by atoms with Gasteiger partial charge in [-0.2, -0.15) is 5.10 Å². The lowest BCUT2D eigenvalue weighted by Crippen LogP contribution is -2.40. The van der Waals surface area contributed by atoms with E-state index in [2.05, 4.69) is 21.0 Å². The van der Waals surface area contributed by atoms with E-state index in [1.165, 1.54) is 13.2 Å². The van der Waals surface area contributed by atoms with Crippen LogP contribution in [0.5, 0.6) is 11.5 Å². The number of rotatable bonds is 5. The molecular weight excluding hydrogens is 312 g/mol. The van der Waals surface area contributed by atoms with Gasteiger partial charge in [0.2, 0.25) is 0 Å². The molecule has 1 heterocycles. The number of nitrogens with zero attached hydrogens (tertiary/aromatic N) is 1. The van der Waals surface area contributed by atoms with E-state index in [1.807, 2.05) is 0 Å². The van der Waals surface area contributed by atoms with Gasteiger partial charge in [-0.3, -0.25) is 25.5 Å². The summed E-state index contributed by atoms with van der Waals surface area (Å²) in [5, 5.41) is 6.43. The predicted octanol–water partition coefficient (Wildman–Crippen LogP) is 1.21. The lowest BCUT2D eigenvalue weighted by atomic mass is 10.2. The maximum atomic E-state index is 11.7. The fraction of sp³-hybridized carbons (Fsp3) is 0.188. The molecule has 126 valence electrons. The number of benzene rings is 1. The molecule has 0 radical (unpaired) electrons. The monoisotopic (exact) mass is 330 g/mol. The first-order valence-corrected chi connectivity index (χ1v) is 7.06. The van der Waals surface area contributed by atoms with Crippen molar-refractivity contribution in [1.82, 2.24) is 21.0 Å². The molecule has 0 bridgehead atoms. The molecule has 8 nitrogen and oxygen atoms in total. The van der Waals surface area contributed by atoms with E-state index in [0.717, 1.165) is 11.3 Å². The Morgan fingerprint density at radius 1 is 1.12 bits per heavy atom. The van der Waals surface area contributed by atoms with Crippen molar-refractivity contribution in [3.63, 3.8) is 0 Å². The van der Waals surface area contributed by atoms with Crippen molar-refractivity contribution >= 4 is 17.9 Å². The van der Waals surface area contributed by atoms with Crippen LogP contribution in [0.2, 0.25) is 0 Å². The molecule has 0 fully saturated rings. The molecule has 2 aromatic rings. The number of methoxy groups -OCH3 is 2. The van der Waals surface area contributed by atoms with Crippen molar-refractivity contribution in [2.45, 2.75) is 6.92 Å². The van der Waals surface area contributed by atoms with Crippen LogP contribution in [0.1, 0.15) is 21.7 Å². The molecule has 2 amide bonds. The summed E-state index contributed by atoms with van der Waals surface area (Å²) in [7, 11) is 3.08. The second-order valence-electron chi connectivity index (χ2n) is 4.83. The number of aromatic nitrogens is 2. The molecule has 1 aromatic carbocycles. The van der Waals surface area contributed by atoms with Gasteiger partial charge in [-0.05, 0) is 36.8 Å². The second kappa shape index (κ2) is 7.82. The average molecular weight is 330 g/mol. The normalized spacial score (nSPS) is 10.5. The molecule has 0 saturated carbocycles. The molecule has 0 atom stereocenters. The first-order valence-electron chi connectivity index (χ1n) is 7.06. The molecule has 1 aromatic heterocycles. The number of aromatic amines is 1. The first-order chi connectivity index (χ1) is 11.5. The van der Waals surface area contributed by atoms with Gasteiger partial charge in [0.15, 0.2) is 17.2 Å². The highest BCUT2D eigenvalue weighted by atomic mass is 16.5. The average Bonchev–Trinajstić information content (AvgIpc) is 3.04. The van der Waals surface area contributed by atoms with E-state index in [0.29, 0.717) is 11.5 Å². The van der Waals surface area contributed by atoms with Gasteiger partial charge in [0.25, 0.3) is 11.8 Å². The Kier molecular flexibility index (Phi) is 5.56. The molecule has 0 aliphatic carbocycles. The van der Waals surface area contributed by atoms with Crippen LogP contribution in [0.3, 0.4) is 0 Å². The number of H-pyrrole nitrogens is 1. The van der Waals surface area contributed by atoms with E-state index in [9.17, 15) is 9.59 Å². The Morgan fingerprint density at radius 3 is 2.50 bits per heavy atom. The van der Waals surface area contributed by atoms with Gasteiger partial charge in [-0.25, -0.2) is 0 Å². The summed E-state index contributed by atoms with van der Waals surface area (Å²) in [6.07, 6.45) is 2.87. The van der Waals surface area contributed by atoms with Crippen molar-refractivity contribution in [3.05, 3.63) is 47.3 Å². The topological polar surface area (TPSA) is 105 Å². The van der Waals surface area contributed by atoms with E-state index in [-0.39, 0.29) is 5.69 Å². The lowest BCUT2D eigenvalue weighted by molar-refractivity contribution is -0.117. The quantitative estimate of drug-likeness (QED) is 0.564. The zero-order valence-electron chi connectivity index (χ0n) is 13.5. The Morgan fingerprint density at radius 2 is 1.88 bits per heavy atom. The number of ether oxygens (including phenoxy) is 2. The Bertz CT molecular complexity index is 767. The number of amides is 2. The third-order valence-corrected chi connectivity index (χ3v) is 3.07. The number of hydrazine groups is 1. The molecular formula is C16H18N4O4. The summed E-state index contributed by atoms with van der Waals surface area (Å²) in [4.78, 5) is 23.5. The van der Waals surface area contributed by atoms with Crippen LogP contribution in [-0.2, 0) is 4.79 Å². The van der Waals surface area contributed by atoms with Crippen molar-refractivity contribution in [1.29, 1.82) is 0 Å². The lowest BCUT2D eigenvalue weighted by Gasteiger charge is -2.07. The SMILES string of the molecule is COc1ccc(/C=C\C(=O)NNC(=O)c2cc(C)[nH]n2)cc1OC. The molecule has 3 N–H and O–H groups in total. The van der Waals surface area contributed by atoms with E-state index in [4.69, 9.17) is 9.47 Å². The van der Waals surface area contributed by atoms with Crippen LogP contribution in [0.4, 0.5) is 0 Å². The van der Waals surface area contributed by atoms with Gasteiger partial charge in [0, 0.05) is 11.8 Å². The summed E-state index contributed by atoms with van der Waals surface area (Å²) in [6.45, 7) is 1.77. The largest absolute Gasteiger partial charge is 0.493 e. The highest BCUT2D eigenvalue weighted by Gasteiger charge is 2.09. The maximum Gasteiger partial charge on any atom is 0.290 e. The molecule has 0 spiro atoms. The van der Waals surface area contributed by atoms with E-state index in [1.54, 1.807) is 44.4 Å². The predicted molar refractivity (Wildman–Crippen MR) is 87.5 cm³/mol. The molecule has 0 aliphatic rings. The Hall–Kier alpha value is -3.29. The van der Waals surface area contributed by atoms with Crippen LogP contribution in [0.25, 0.3) is 6.08 Å². The summed E-state index contributed by atoms with van der Waals surface area (Å²) in [5.41, 5.74) is 6.24. The van der Waals surface area contributed by atoms with Crippen LogP contribution in [0.15, 0.2) is 30.3 Å². The van der Waals surface area contributed by atoms with Crippen molar-refractivity contribution < 1.29 is 19.1 Å². The number of hydrogen-bond acceptors (Lipinski definition) is 5. The molecule has 8 heteroatoms. The van der Waals surface area contributed by atoms with Gasteiger partial charge < -0.3 is 9.47 Å². The van der Waals surface area contributed by atoms with Gasteiger partial charge in [-0.1, -0.05) is 6.07 Å². The zero-order chi connectivity index (χ0) is 17.5. The van der Waals surface area contributed by atoms with Crippen molar-refractivity contribution in [2.24, 2.45) is 0 Å². The number of aryl methyl sites for hydroxylation is 1. The molecule has 2 rings (SSSR count). The molecule has 0 unspecified atom stereocenters. The number of hydrogen-bond donors (Lipinski definition) is 3. The minimum atomic E-state index is -0.507. The minimum absolute atomic E-state index is 0.191. The number of nitrogens with one attached hydrogen (secondary N) is 3. The zero-order valence-corrected chi connectivity index (χ0v) is 13.5. The van der Waals surface area contributed by atoms with E-state index >= 15 is 0 Å². The summed E-state index contributed by atoms with van der Waals surface area (Å²) in [5.74, 6) is 0.167. The van der Waals surface area contributed by atoms with Crippen LogP contribution < -0.4 is 20.3 Å². The second-order valence-corrected chi connectivity index (χ2v) is 4.83. The standard InChI is InChI=1S/C16H18N4O4/c1-10-8-12(18-17-10)16(22)20-19-15(21)7-5-11-4-6-13(23-2)14(9-11)24-3/h4-9H,1-3H3,(H,17,18)(H,19,21)(H,20,22)/b7-5-. The maximum absolute atomic E-state index is 11.7. The number of carbonyl (C=O) groups is 2. The van der Waals surface area contributed by atoms with Crippen LogP contribution >= 0.6 is 0 Å². The third kappa shape index (κ3) is 4.35. The summed E-state index contributed by atoms with van der Waals surface area (Å²) in [6, 6.07) is 6.81. The highest BCUT2D eigenvalue weighted by molar-refractivity contribution is 5.96. The minimum Gasteiger partial charge on any atom is -0.493 e. The third-order valence-electron chi connectivity index (χ3n) is 3.07. The smallest absolute Gasteiger partial charge is 0.290 e. The molecule has 0 aliphatic heterocycles. The van der Waals surface area contributed by atoms with Gasteiger partial charge in [0.1, 0.15) is 0 Å². The van der Waals surface area contributed by atoms with Gasteiger partial charge in [0.05, 0.1) is 14.2 Å². The summed E-state index contributed by atoms with van der Waals surface area (Å²) >= 11 is 0. The van der Waals surface area contributed by atoms with Crippen LogP contribution in [-0.4, -0.2) is 36.2 Å². The van der Waals surface area contributed by atoms with Crippen molar-refractivity contribution in [3.8, 4) is 11.5 Å². The van der Waals surface area contributed by atoms with E-state index < -0.39 is 11.8 Å². The van der Waals surface area contributed by atoms with Crippen molar-refractivity contribution in [2.75, 3.05) is 14.2 Å². The van der Waals surface area contributed by atoms with Gasteiger partial charge >= 0.3 is 0 Å². The summed E-state index contributed by atoms with van der Waals surface area (Å²) < 4.78 is 10.3. The number of carbonyl (C=O) groups excluding carboxylic acids is 2. The molecule has 0 saturated heterocycles. The first kappa shape index (κ1) is 17.1.